The molecule has 1 atom stereocenters. The topological polar surface area (TPSA) is 55.1 Å². The van der Waals surface area contributed by atoms with Gasteiger partial charge in [-0.3, -0.25) is 9.88 Å². The highest BCUT2D eigenvalue weighted by Crippen LogP contribution is 2.30. The highest BCUT2D eigenvalue weighted by molar-refractivity contribution is 5.52. The molecule has 5 heteroatoms. The van der Waals surface area contributed by atoms with Crippen molar-refractivity contribution in [3.63, 3.8) is 0 Å². The summed E-state index contributed by atoms with van der Waals surface area (Å²) in [5.74, 6) is 1.36. The zero-order valence-electron chi connectivity index (χ0n) is 9.71. The van der Waals surface area contributed by atoms with Gasteiger partial charge in [-0.25, -0.2) is 0 Å². The van der Waals surface area contributed by atoms with Crippen LogP contribution in [0.5, 0.6) is 0 Å². The van der Waals surface area contributed by atoms with Crippen LogP contribution in [0.25, 0.3) is 11.4 Å². The fourth-order valence-electron chi connectivity index (χ4n) is 2.21. The van der Waals surface area contributed by atoms with E-state index in [9.17, 15) is 0 Å². The lowest BCUT2D eigenvalue weighted by molar-refractivity contribution is 0.245. The van der Waals surface area contributed by atoms with Crippen molar-refractivity contribution in [3.05, 3.63) is 30.4 Å². The van der Waals surface area contributed by atoms with Crippen molar-refractivity contribution in [2.45, 2.75) is 18.9 Å². The summed E-state index contributed by atoms with van der Waals surface area (Å²) < 4.78 is 5.35. The average Bonchev–Trinajstić information content (AvgIpc) is 2.98. The molecule has 2 aromatic rings. The standard InChI is InChI=1S/C12H14N4O/c1-16-8-2-3-10(16)12-14-11(15-17-12)9-4-6-13-7-5-9/h4-7,10H,2-3,8H2,1H3/t10-/m0/s1. The Labute approximate surface area is 99.5 Å². The van der Waals surface area contributed by atoms with E-state index in [1.165, 1.54) is 6.42 Å². The molecule has 1 aliphatic heterocycles. The summed E-state index contributed by atoms with van der Waals surface area (Å²) >= 11 is 0. The maximum absolute atomic E-state index is 5.35. The second kappa shape index (κ2) is 4.25. The van der Waals surface area contributed by atoms with Crippen LogP contribution >= 0.6 is 0 Å². The van der Waals surface area contributed by atoms with E-state index in [-0.39, 0.29) is 6.04 Å². The molecule has 1 fully saturated rings. The fourth-order valence-corrected chi connectivity index (χ4v) is 2.21. The van der Waals surface area contributed by atoms with Crippen molar-refractivity contribution >= 4 is 0 Å². The largest absolute Gasteiger partial charge is 0.337 e. The summed E-state index contributed by atoms with van der Waals surface area (Å²) in [6, 6.07) is 4.04. The van der Waals surface area contributed by atoms with Crippen molar-refractivity contribution in [1.82, 2.24) is 20.0 Å². The van der Waals surface area contributed by atoms with Crippen molar-refractivity contribution in [3.8, 4) is 11.4 Å². The SMILES string of the molecule is CN1CCC[C@H]1c1nc(-c2ccncc2)no1. The lowest BCUT2D eigenvalue weighted by atomic mass is 10.2. The summed E-state index contributed by atoms with van der Waals surface area (Å²) in [5, 5.41) is 4.02. The Morgan fingerprint density at radius 3 is 2.88 bits per heavy atom. The third-order valence-electron chi connectivity index (χ3n) is 3.19. The molecule has 0 aromatic carbocycles. The Morgan fingerprint density at radius 1 is 1.35 bits per heavy atom. The second-order valence-corrected chi connectivity index (χ2v) is 4.33. The van der Waals surface area contributed by atoms with E-state index in [0.717, 1.165) is 24.4 Å². The summed E-state index contributed by atoms with van der Waals surface area (Å²) in [6.07, 6.45) is 5.74. The number of pyridine rings is 1. The minimum absolute atomic E-state index is 0.276. The van der Waals surface area contributed by atoms with Gasteiger partial charge in [-0.15, -0.1) is 0 Å². The molecule has 3 rings (SSSR count). The zero-order valence-corrected chi connectivity index (χ0v) is 9.71. The number of rotatable bonds is 2. The van der Waals surface area contributed by atoms with Crippen molar-refractivity contribution in [2.75, 3.05) is 13.6 Å². The Bertz CT molecular complexity index is 496. The highest BCUT2D eigenvalue weighted by atomic mass is 16.5. The Hall–Kier alpha value is -1.75. The molecule has 0 bridgehead atoms. The van der Waals surface area contributed by atoms with Crippen LogP contribution in [-0.4, -0.2) is 33.6 Å². The third kappa shape index (κ3) is 1.93. The smallest absolute Gasteiger partial charge is 0.244 e. The first-order chi connectivity index (χ1) is 8.34. The molecule has 0 aliphatic carbocycles. The molecule has 1 saturated heterocycles. The van der Waals surface area contributed by atoms with E-state index < -0.39 is 0 Å². The van der Waals surface area contributed by atoms with Crippen LogP contribution in [0.1, 0.15) is 24.8 Å². The molecule has 0 spiro atoms. The lowest BCUT2D eigenvalue weighted by Gasteiger charge is -2.14. The highest BCUT2D eigenvalue weighted by Gasteiger charge is 2.27. The second-order valence-electron chi connectivity index (χ2n) is 4.33. The summed E-state index contributed by atoms with van der Waals surface area (Å²) in [4.78, 5) is 10.7. The molecule has 0 radical (unpaired) electrons. The molecule has 2 aromatic heterocycles. The van der Waals surface area contributed by atoms with Crippen LogP contribution in [0.4, 0.5) is 0 Å². The molecule has 1 aliphatic rings. The number of nitrogens with zero attached hydrogens (tertiary/aromatic N) is 4. The minimum Gasteiger partial charge on any atom is -0.337 e. The summed E-state index contributed by atoms with van der Waals surface area (Å²) in [6.45, 7) is 1.09. The van der Waals surface area contributed by atoms with Gasteiger partial charge in [0, 0.05) is 18.0 Å². The predicted molar refractivity (Wildman–Crippen MR) is 62.1 cm³/mol. The lowest BCUT2D eigenvalue weighted by Crippen LogP contribution is -2.17. The Morgan fingerprint density at radius 2 is 2.18 bits per heavy atom. The van der Waals surface area contributed by atoms with Gasteiger partial charge in [0.05, 0.1) is 6.04 Å². The van der Waals surface area contributed by atoms with E-state index in [1.54, 1.807) is 12.4 Å². The van der Waals surface area contributed by atoms with Gasteiger partial charge in [0.25, 0.3) is 0 Å². The maximum Gasteiger partial charge on any atom is 0.244 e. The molecular formula is C12H14N4O. The van der Waals surface area contributed by atoms with E-state index in [1.807, 2.05) is 12.1 Å². The summed E-state index contributed by atoms with van der Waals surface area (Å²) in [5.41, 5.74) is 0.940. The molecule has 0 amide bonds. The van der Waals surface area contributed by atoms with Crippen LogP contribution in [0.3, 0.4) is 0 Å². The van der Waals surface area contributed by atoms with Gasteiger partial charge >= 0.3 is 0 Å². The number of hydrogen-bond donors (Lipinski definition) is 0. The van der Waals surface area contributed by atoms with Crippen LogP contribution in [-0.2, 0) is 0 Å². The quantitative estimate of drug-likeness (QED) is 0.788. The van der Waals surface area contributed by atoms with Gasteiger partial charge in [0.1, 0.15) is 0 Å². The van der Waals surface area contributed by atoms with E-state index in [0.29, 0.717) is 5.82 Å². The first-order valence-electron chi connectivity index (χ1n) is 5.79. The van der Waals surface area contributed by atoms with Gasteiger partial charge < -0.3 is 4.52 Å². The molecule has 17 heavy (non-hydrogen) atoms. The van der Waals surface area contributed by atoms with Crippen LogP contribution in [0.2, 0.25) is 0 Å². The molecule has 0 N–H and O–H groups in total. The normalized spacial score (nSPS) is 20.9. The zero-order chi connectivity index (χ0) is 11.7. The molecule has 0 unspecified atom stereocenters. The number of aromatic nitrogens is 3. The number of likely N-dealkylation sites (tertiary alicyclic amines) is 1. The molecule has 88 valence electrons. The van der Waals surface area contributed by atoms with E-state index >= 15 is 0 Å². The van der Waals surface area contributed by atoms with Gasteiger partial charge in [-0.1, -0.05) is 5.16 Å². The molecule has 0 saturated carbocycles. The minimum atomic E-state index is 0.276. The van der Waals surface area contributed by atoms with Gasteiger partial charge in [0.2, 0.25) is 11.7 Å². The maximum atomic E-state index is 5.35. The van der Waals surface area contributed by atoms with Gasteiger partial charge in [-0.05, 0) is 38.6 Å². The van der Waals surface area contributed by atoms with Crippen LogP contribution < -0.4 is 0 Å². The molecule has 5 nitrogen and oxygen atoms in total. The Kier molecular flexibility index (Phi) is 2.60. The van der Waals surface area contributed by atoms with E-state index in [2.05, 4.69) is 27.1 Å². The van der Waals surface area contributed by atoms with Crippen molar-refractivity contribution in [1.29, 1.82) is 0 Å². The first kappa shape index (κ1) is 10.4. The average molecular weight is 230 g/mol. The predicted octanol–water partition coefficient (Wildman–Crippen LogP) is 1.90. The molecular weight excluding hydrogens is 216 g/mol. The van der Waals surface area contributed by atoms with Gasteiger partial charge in [0.15, 0.2) is 0 Å². The monoisotopic (exact) mass is 230 g/mol. The van der Waals surface area contributed by atoms with E-state index in [4.69, 9.17) is 4.52 Å². The first-order valence-corrected chi connectivity index (χ1v) is 5.79. The third-order valence-corrected chi connectivity index (χ3v) is 3.19. The van der Waals surface area contributed by atoms with Gasteiger partial charge in [-0.2, -0.15) is 4.98 Å². The fraction of sp³-hybridized carbons (Fsp3) is 0.417. The number of hydrogen-bond acceptors (Lipinski definition) is 5. The van der Waals surface area contributed by atoms with Crippen LogP contribution in [0, 0.1) is 0 Å². The van der Waals surface area contributed by atoms with Crippen LogP contribution in [0.15, 0.2) is 29.0 Å². The van der Waals surface area contributed by atoms with Crippen molar-refractivity contribution < 1.29 is 4.52 Å². The molecule has 3 heterocycles. The Balaban J connectivity index is 1.88. The van der Waals surface area contributed by atoms with Crippen molar-refractivity contribution in [2.24, 2.45) is 0 Å². The summed E-state index contributed by atoms with van der Waals surface area (Å²) in [7, 11) is 2.09.